The van der Waals surface area contributed by atoms with Gasteiger partial charge in [-0.3, -0.25) is 5.32 Å². The molecule has 0 saturated heterocycles. The maximum Gasteiger partial charge on any atom is 0.411 e. The Balaban J connectivity index is 1.98. The van der Waals surface area contributed by atoms with Gasteiger partial charge in [0.2, 0.25) is 0 Å². The lowest BCUT2D eigenvalue weighted by Gasteiger charge is -2.17. The van der Waals surface area contributed by atoms with Crippen LogP contribution in [0.3, 0.4) is 0 Å². The molecule has 0 bridgehead atoms. The van der Waals surface area contributed by atoms with Gasteiger partial charge < -0.3 is 4.74 Å². The van der Waals surface area contributed by atoms with Crippen molar-refractivity contribution in [3.63, 3.8) is 0 Å². The largest absolute Gasteiger partial charge is 0.446 e. The van der Waals surface area contributed by atoms with Crippen molar-refractivity contribution in [1.29, 1.82) is 0 Å². The van der Waals surface area contributed by atoms with E-state index in [1.54, 1.807) is 0 Å². The third-order valence-electron chi connectivity index (χ3n) is 3.89. The molecule has 1 N–H and O–H groups in total. The average Bonchev–Trinajstić information content (AvgIpc) is 2.54. The van der Waals surface area contributed by atoms with Gasteiger partial charge in [-0.2, -0.15) is 0 Å². The molecule has 1 amide bonds. The summed E-state index contributed by atoms with van der Waals surface area (Å²) in [6.45, 7) is 4.23. The average molecular weight is 299 g/mol. The Labute approximate surface area is 132 Å². The molecule has 22 heavy (non-hydrogen) atoms. The molecule has 2 rings (SSSR count). The first-order valence-electron chi connectivity index (χ1n) is 8.20. The maximum atomic E-state index is 12.1. The quantitative estimate of drug-likeness (QED) is 0.661. The highest BCUT2D eigenvalue weighted by atomic mass is 16.6. The van der Waals surface area contributed by atoms with Crippen LogP contribution < -0.4 is 5.32 Å². The first-order valence-corrected chi connectivity index (χ1v) is 8.20. The fourth-order valence-corrected chi connectivity index (χ4v) is 2.59. The number of hydrogen-bond acceptors (Lipinski definition) is 2. The summed E-state index contributed by atoms with van der Waals surface area (Å²) in [6, 6.07) is 13.9. The van der Waals surface area contributed by atoms with Gasteiger partial charge in [0, 0.05) is 5.39 Å². The second-order valence-corrected chi connectivity index (χ2v) is 5.58. The van der Waals surface area contributed by atoms with E-state index >= 15 is 0 Å². The predicted octanol–water partition coefficient (Wildman–Crippen LogP) is 5.75. The number of ether oxygens (including phenoxy) is 1. The zero-order chi connectivity index (χ0) is 15.8. The Bertz CT molecular complexity index is 604. The molecule has 0 unspecified atom stereocenters. The van der Waals surface area contributed by atoms with E-state index < -0.39 is 0 Å². The van der Waals surface area contributed by atoms with Crippen LogP contribution in [0.25, 0.3) is 10.8 Å². The number of carbonyl (C=O) groups is 1. The Morgan fingerprint density at radius 3 is 2.64 bits per heavy atom. The molecular formula is C19H25NO2. The summed E-state index contributed by atoms with van der Waals surface area (Å²) < 4.78 is 5.55. The number of hydrogen-bond donors (Lipinski definition) is 1. The summed E-state index contributed by atoms with van der Waals surface area (Å²) in [4.78, 5) is 12.1. The molecule has 0 heterocycles. The topological polar surface area (TPSA) is 38.3 Å². The fourth-order valence-electron chi connectivity index (χ4n) is 2.59. The number of anilines is 1. The zero-order valence-corrected chi connectivity index (χ0v) is 13.5. The van der Waals surface area contributed by atoms with E-state index in [0.29, 0.717) is 0 Å². The van der Waals surface area contributed by atoms with Gasteiger partial charge in [-0.25, -0.2) is 4.79 Å². The standard InChI is InChI=1S/C19H25NO2/c1-3-5-6-12-16(4-2)22-19(21)20-18-14-9-11-15-10-7-8-13-17(15)18/h7-11,13-14,16H,3-6,12H2,1-2H3,(H,20,21)/t16-/m0/s1. The van der Waals surface area contributed by atoms with E-state index in [1.807, 2.05) is 42.5 Å². The lowest BCUT2D eigenvalue weighted by atomic mass is 10.1. The summed E-state index contributed by atoms with van der Waals surface area (Å²) in [7, 11) is 0. The molecule has 2 aromatic carbocycles. The number of rotatable bonds is 7. The molecule has 0 aliphatic heterocycles. The van der Waals surface area contributed by atoms with E-state index in [2.05, 4.69) is 19.2 Å². The second-order valence-electron chi connectivity index (χ2n) is 5.58. The number of amides is 1. The van der Waals surface area contributed by atoms with Crippen molar-refractivity contribution < 1.29 is 9.53 Å². The molecule has 3 heteroatoms. The monoisotopic (exact) mass is 299 g/mol. The number of benzene rings is 2. The molecule has 3 nitrogen and oxygen atoms in total. The predicted molar refractivity (Wildman–Crippen MR) is 92.3 cm³/mol. The van der Waals surface area contributed by atoms with Crippen LogP contribution in [-0.2, 0) is 4.74 Å². The van der Waals surface area contributed by atoms with Crippen LogP contribution in [0.4, 0.5) is 10.5 Å². The molecular weight excluding hydrogens is 274 g/mol. The Kier molecular flexibility index (Phi) is 6.26. The normalized spacial score (nSPS) is 12.1. The van der Waals surface area contributed by atoms with Crippen molar-refractivity contribution in [2.24, 2.45) is 0 Å². The molecule has 0 radical (unpaired) electrons. The molecule has 0 saturated carbocycles. The third kappa shape index (κ3) is 4.48. The summed E-state index contributed by atoms with van der Waals surface area (Å²) in [6.07, 6.45) is 4.90. The van der Waals surface area contributed by atoms with E-state index in [1.165, 1.54) is 12.8 Å². The van der Waals surface area contributed by atoms with Crippen LogP contribution in [-0.4, -0.2) is 12.2 Å². The Hall–Kier alpha value is -2.03. The van der Waals surface area contributed by atoms with Crippen molar-refractivity contribution in [2.45, 2.75) is 52.1 Å². The van der Waals surface area contributed by atoms with Crippen molar-refractivity contribution in [1.82, 2.24) is 0 Å². The number of carbonyl (C=O) groups excluding carboxylic acids is 1. The van der Waals surface area contributed by atoms with Crippen LogP contribution in [0.5, 0.6) is 0 Å². The molecule has 0 aliphatic rings. The summed E-state index contributed by atoms with van der Waals surface area (Å²) >= 11 is 0. The lowest BCUT2D eigenvalue weighted by Crippen LogP contribution is -2.22. The van der Waals surface area contributed by atoms with Gasteiger partial charge in [-0.1, -0.05) is 63.1 Å². The second kappa shape index (κ2) is 8.42. The van der Waals surface area contributed by atoms with Gasteiger partial charge in [-0.05, 0) is 30.7 Å². The van der Waals surface area contributed by atoms with Crippen LogP contribution in [0.2, 0.25) is 0 Å². The van der Waals surface area contributed by atoms with Gasteiger partial charge in [0.15, 0.2) is 0 Å². The number of nitrogens with one attached hydrogen (secondary N) is 1. The first kappa shape index (κ1) is 16.3. The van der Waals surface area contributed by atoms with Crippen LogP contribution in [0.15, 0.2) is 42.5 Å². The fraction of sp³-hybridized carbons (Fsp3) is 0.421. The molecule has 0 aromatic heterocycles. The maximum absolute atomic E-state index is 12.1. The van der Waals surface area contributed by atoms with E-state index in [0.717, 1.165) is 35.7 Å². The van der Waals surface area contributed by atoms with Gasteiger partial charge in [-0.15, -0.1) is 0 Å². The third-order valence-corrected chi connectivity index (χ3v) is 3.89. The summed E-state index contributed by atoms with van der Waals surface area (Å²) in [5.74, 6) is 0. The Morgan fingerprint density at radius 1 is 1.09 bits per heavy atom. The van der Waals surface area contributed by atoms with E-state index in [4.69, 9.17) is 4.74 Å². The van der Waals surface area contributed by atoms with Crippen molar-refractivity contribution in [3.05, 3.63) is 42.5 Å². The molecule has 1 atom stereocenters. The smallest absolute Gasteiger partial charge is 0.411 e. The van der Waals surface area contributed by atoms with E-state index in [9.17, 15) is 4.79 Å². The SMILES string of the molecule is CCCCC[C@H](CC)OC(=O)Nc1cccc2ccccc12. The van der Waals surface area contributed by atoms with Crippen LogP contribution in [0.1, 0.15) is 46.0 Å². The highest BCUT2D eigenvalue weighted by molar-refractivity contribution is 6.00. The minimum Gasteiger partial charge on any atom is -0.446 e. The highest BCUT2D eigenvalue weighted by Crippen LogP contribution is 2.23. The van der Waals surface area contributed by atoms with Crippen molar-refractivity contribution in [2.75, 3.05) is 5.32 Å². The molecule has 0 spiro atoms. The molecule has 2 aromatic rings. The van der Waals surface area contributed by atoms with Crippen LogP contribution >= 0.6 is 0 Å². The lowest BCUT2D eigenvalue weighted by molar-refractivity contribution is 0.101. The van der Waals surface area contributed by atoms with Crippen molar-refractivity contribution >= 4 is 22.6 Å². The minimum atomic E-state index is -0.361. The molecule has 0 fully saturated rings. The molecule has 0 aliphatic carbocycles. The van der Waals surface area contributed by atoms with Gasteiger partial charge in [0.05, 0.1) is 5.69 Å². The van der Waals surface area contributed by atoms with E-state index in [-0.39, 0.29) is 12.2 Å². The van der Waals surface area contributed by atoms with Gasteiger partial charge in [0.25, 0.3) is 0 Å². The highest BCUT2D eigenvalue weighted by Gasteiger charge is 2.13. The Morgan fingerprint density at radius 2 is 1.86 bits per heavy atom. The minimum absolute atomic E-state index is 0.00141. The van der Waals surface area contributed by atoms with Crippen LogP contribution in [0, 0.1) is 0 Å². The number of unbranched alkanes of at least 4 members (excludes halogenated alkanes) is 2. The number of fused-ring (bicyclic) bond motifs is 1. The molecule has 118 valence electrons. The first-order chi connectivity index (χ1) is 10.7. The van der Waals surface area contributed by atoms with Gasteiger partial charge >= 0.3 is 6.09 Å². The zero-order valence-electron chi connectivity index (χ0n) is 13.5. The van der Waals surface area contributed by atoms with Crippen molar-refractivity contribution in [3.8, 4) is 0 Å². The van der Waals surface area contributed by atoms with Gasteiger partial charge in [0.1, 0.15) is 6.10 Å². The summed E-state index contributed by atoms with van der Waals surface area (Å²) in [5, 5.41) is 5.01. The summed E-state index contributed by atoms with van der Waals surface area (Å²) in [5.41, 5.74) is 0.798.